The molecule has 0 aromatic rings. The average Bonchev–Trinajstić information content (AvgIpc) is 2.33. The van der Waals surface area contributed by atoms with E-state index < -0.39 is 23.9 Å². The van der Waals surface area contributed by atoms with Crippen LogP contribution in [0.15, 0.2) is 0 Å². The van der Waals surface area contributed by atoms with Gasteiger partial charge in [0, 0.05) is 20.2 Å². The molecule has 3 N–H and O–H groups in total. The minimum absolute atomic E-state index is 0.285. The van der Waals surface area contributed by atoms with Crippen molar-refractivity contribution in [2.45, 2.75) is 19.9 Å². The van der Waals surface area contributed by atoms with Crippen LogP contribution in [0.2, 0.25) is 0 Å². The van der Waals surface area contributed by atoms with E-state index >= 15 is 0 Å². The molecule has 0 saturated heterocycles. The van der Waals surface area contributed by atoms with Gasteiger partial charge < -0.3 is 15.2 Å². The Morgan fingerprint density at radius 2 is 2.00 bits per heavy atom. The maximum atomic E-state index is 11.8. The molecule has 0 aliphatic heterocycles. The first-order chi connectivity index (χ1) is 8.92. The van der Waals surface area contributed by atoms with Crippen LogP contribution < -0.4 is 10.6 Å². The SMILES string of the molecule is CCNC(=O)NC(=O)C(C)N(CCOC)CC(=O)O. The van der Waals surface area contributed by atoms with Crippen LogP contribution in [0.3, 0.4) is 0 Å². The second kappa shape index (κ2) is 9.29. The van der Waals surface area contributed by atoms with Gasteiger partial charge in [0.2, 0.25) is 5.91 Å². The number of imide groups is 1. The molecule has 0 saturated carbocycles. The third kappa shape index (κ3) is 7.37. The minimum Gasteiger partial charge on any atom is -0.480 e. The summed E-state index contributed by atoms with van der Waals surface area (Å²) in [5.41, 5.74) is 0. The summed E-state index contributed by atoms with van der Waals surface area (Å²) in [4.78, 5) is 35.1. The number of carboxylic acids is 1. The fourth-order valence-electron chi connectivity index (χ4n) is 1.38. The Morgan fingerprint density at radius 1 is 1.37 bits per heavy atom. The largest absolute Gasteiger partial charge is 0.480 e. The molecule has 0 heterocycles. The highest BCUT2D eigenvalue weighted by Gasteiger charge is 2.24. The smallest absolute Gasteiger partial charge is 0.321 e. The Morgan fingerprint density at radius 3 is 2.47 bits per heavy atom. The second-order valence-electron chi connectivity index (χ2n) is 3.88. The van der Waals surface area contributed by atoms with Gasteiger partial charge in [-0.1, -0.05) is 0 Å². The first-order valence-corrected chi connectivity index (χ1v) is 5.95. The van der Waals surface area contributed by atoms with Crippen molar-refractivity contribution in [1.82, 2.24) is 15.5 Å². The zero-order valence-electron chi connectivity index (χ0n) is 11.4. The summed E-state index contributed by atoms with van der Waals surface area (Å²) in [5, 5.41) is 13.4. The number of carbonyl (C=O) groups excluding carboxylic acids is 2. The van der Waals surface area contributed by atoms with E-state index in [1.54, 1.807) is 6.92 Å². The van der Waals surface area contributed by atoms with Gasteiger partial charge in [-0.05, 0) is 13.8 Å². The van der Waals surface area contributed by atoms with Crippen LogP contribution in [0.5, 0.6) is 0 Å². The summed E-state index contributed by atoms with van der Waals surface area (Å²) < 4.78 is 4.86. The molecule has 0 bridgehead atoms. The fourth-order valence-corrected chi connectivity index (χ4v) is 1.38. The van der Waals surface area contributed by atoms with Crippen molar-refractivity contribution in [2.24, 2.45) is 0 Å². The van der Waals surface area contributed by atoms with Gasteiger partial charge in [0.1, 0.15) is 0 Å². The second-order valence-corrected chi connectivity index (χ2v) is 3.88. The van der Waals surface area contributed by atoms with Gasteiger partial charge in [-0.3, -0.25) is 19.8 Å². The number of carboxylic acid groups (broad SMARTS) is 1. The summed E-state index contributed by atoms with van der Waals surface area (Å²) in [7, 11) is 1.48. The standard InChI is InChI=1S/C11H21N3O5/c1-4-12-11(18)13-10(17)8(2)14(5-6-19-3)7-9(15)16/h8H,4-7H2,1-3H3,(H,15,16)(H2,12,13,17,18). The number of nitrogens with zero attached hydrogens (tertiary/aromatic N) is 1. The molecule has 19 heavy (non-hydrogen) atoms. The number of nitrogens with one attached hydrogen (secondary N) is 2. The molecular formula is C11H21N3O5. The van der Waals surface area contributed by atoms with E-state index in [4.69, 9.17) is 9.84 Å². The topological polar surface area (TPSA) is 108 Å². The fraction of sp³-hybridized carbons (Fsp3) is 0.727. The van der Waals surface area contributed by atoms with Crippen molar-refractivity contribution in [2.75, 3.05) is 33.4 Å². The number of hydrogen-bond donors (Lipinski definition) is 3. The van der Waals surface area contributed by atoms with Crippen LogP contribution in [0.1, 0.15) is 13.8 Å². The van der Waals surface area contributed by atoms with E-state index in [1.807, 2.05) is 0 Å². The number of hydrogen-bond acceptors (Lipinski definition) is 5. The van der Waals surface area contributed by atoms with E-state index in [9.17, 15) is 14.4 Å². The lowest BCUT2D eigenvalue weighted by molar-refractivity contribution is -0.140. The molecular weight excluding hydrogens is 254 g/mol. The van der Waals surface area contributed by atoms with Crippen molar-refractivity contribution in [1.29, 1.82) is 0 Å². The number of ether oxygens (including phenoxy) is 1. The number of aliphatic carboxylic acids is 1. The average molecular weight is 275 g/mol. The molecule has 0 aromatic carbocycles. The highest BCUT2D eigenvalue weighted by atomic mass is 16.5. The first-order valence-electron chi connectivity index (χ1n) is 5.95. The van der Waals surface area contributed by atoms with Gasteiger partial charge >= 0.3 is 12.0 Å². The third-order valence-corrected chi connectivity index (χ3v) is 2.42. The molecule has 0 fully saturated rings. The van der Waals surface area contributed by atoms with Crippen molar-refractivity contribution >= 4 is 17.9 Å². The van der Waals surface area contributed by atoms with Crippen molar-refractivity contribution in [3.63, 3.8) is 0 Å². The predicted molar refractivity (Wildman–Crippen MR) is 67.8 cm³/mol. The third-order valence-electron chi connectivity index (χ3n) is 2.42. The van der Waals surface area contributed by atoms with E-state index in [1.165, 1.54) is 18.9 Å². The Kier molecular flexibility index (Phi) is 8.47. The molecule has 8 heteroatoms. The lowest BCUT2D eigenvalue weighted by Crippen LogP contribution is -2.51. The molecule has 0 aromatic heterocycles. The Balaban J connectivity index is 4.49. The summed E-state index contributed by atoms with van der Waals surface area (Å²) in [5.74, 6) is -1.60. The minimum atomic E-state index is -1.05. The van der Waals surface area contributed by atoms with Crippen LogP contribution in [0.4, 0.5) is 4.79 Å². The number of urea groups is 1. The molecule has 0 rings (SSSR count). The van der Waals surface area contributed by atoms with Crippen molar-refractivity contribution in [3.05, 3.63) is 0 Å². The molecule has 1 atom stereocenters. The molecule has 0 spiro atoms. The Labute approximate surface area is 112 Å². The molecule has 8 nitrogen and oxygen atoms in total. The van der Waals surface area contributed by atoms with Crippen molar-refractivity contribution in [3.8, 4) is 0 Å². The summed E-state index contributed by atoms with van der Waals surface area (Å²) >= 11 is 0. The highest BCUT2D eigenvalue weighted by Crippen LogP contribution is 1.99. The predicted octanol–water partition coefficient (Wildman–Crippen LogP) is -0.746. The highest BCUT2D eigenvalue weighted by molar-refractivity contribution is 5.96. The van der Waals surface area contributed by atoms with Gasteiger partial charge in [0.15, 0.2) is 0 Å². The number of rotatable bonds is 8. The van der Waals surface area contributed by atoms with Gasteiger partial charge in [0.05, 0.1) is 19.2 Å². The number of methoxy groups -OCH3 is 1. The lowest BCUT2D eigenvalue weighted by atomic mass is 10.2. The van der Waals surface area contributed by atoms with E-state index in [0.29, 0.717) is 13.2 Å². The molecule has 3 amide bonds. The zero-order valence-corrected chi connectivity index (χ0v) is 11.4. The van der Waals surface area contributed by atoms with Gasteiger partial charge in [-0.2, -0.15) is 0 Å². The van der Waals surface area contributed by atoms with E-state index in [2.05, 4.69) is 10.6 Å². The number of carbonyl (C=O) groups is 3. The molecule has 0 radical (unpaired) electrons. The van der Waals surface area contributed by atoms with Gasteiger partial charge in [0.25, 0.3) is 0 Å². The van der Waals surface area contributed by atoms with Crippen LogP contribution in [0.25, 0.3) is 0 Å². The summed E-state index contributed by atoms with van der Waals surface area (Å²) in [6.07, 6.45) is 0. The normalized spacial score (nSPS) is 12.0. The zero-order chi connectivity index (χ0) is 14.8. The van der Waals surface area contributed by atoms with Crippen LogP contribution in [-0.2, 0) is 14.3 Å². The quantitative estimate of drug-likeness (QED) is 0.538. The molecule has 0 aliphatic rings. The van der Waals surface area contributed by atoms with E-state index in [0.717, 1.165) is 0 Å². The van der Waals surface area contributed by atoms with Crippen LogP contribution in [-0.4, -0.2) is 67.3 Å². The molecule has 0 aliphatic carbocycles. The lowest BCUT2D eigenvalue weighted by Gasteiger charge is -2.25. The summed E-state index contributed by atoms with van der Waals surface area (Å²) in [6.45, 7) is 3.94. The Bertz CT molecular complexity index is 321. The van der Waals surface area contributed by atoms with Gasteiger partial charge in [-0.15, -0.1) is 0 Å². The maximum absolute atomic E-state index is 11.8. The first kappa shape index (κ1) is 17.3. The summed E-state index contributed by atoms with van der Waals surface area (Å²) in [6, 6.07) is -1.34. The van der Waals surface area contributed by atoms with Crippen molar-refractivity contribution < 1.29 is 24.2 Å². The van der Waals surface area contributed by atoms with Gasteiger partial charge in [-0.25, -0.2) is 4.79 Å². The van der Waals surface area contributed by atoms with E-state index in [-0.39, 0.29) is 13.1 Å². The van der Waals surface area contributed by atoms with Crippen LogP contribution in [0, 0.1) is 0 Å². The monoisotopic (exact) mass is 275 g/mol. The number of amides is 3. The Hall–Kier alpha value is -1.67. The maximum Gasteiger partial charge on any atom is 0.321 e. The van der Waals surface area contributed by atoms with Crippen LogP contribution >= 0.6 is 0 Å². The molecule has 110 valence electrons. The molecule has 1 unspecified atom stereocenters.